The van der Waals surface area contributed by atoms with Gasteiger partial charge in [0.15, 0.2) is 5.78 Å². The third kappa shape index (κ3) is 6.31. The van der Waals surface area contributed by atoms with E-state index in [4.69, 9.17) is 4.52 Å². The molecule has 162 valence electrons. The summed E-state index contributed by atoms with van der Waals surface area (Å²) < 4.78 is 18.3. The fourth-order valence-electron chi connectivity index (χ4n) is 3.17. The number of nitrogens with one attached hydrogen (secondary N) is 1. The van der Waals surface area contributed by atoms with E-state index < -0.39 is 6.04 Å². The monoisotopic (exact) mass is 423 g/mol. The molecule has 0 bridgehead atoms. The smallest absolute Gasteiger partial charge is 0.249 e. The fraction of sp³-hybridized carbons (Fsp3) is 0.333. The Morgan fingerprint density at radius 3 is 2.32 bits per heavy atom. The molecule has 0 aliphatic heterocycles. The van der Waals surface area contributed by atoms with Gasteiger partial charge in [-0.15, -0.1) is 0 Å². The molecule has 0 spiro atoms. The molecule has 3 aromatic rings. The van der Waals surface area contributed by atoms with Crippen molar-refractivity contribution < 1.29 is 18.5 Å². The van der Waals surface area contributed by atoms with Crippen molar-refractivity contribution in [1.29, 1.82) is 0 Å². The molecule has 1 amide bonds. The maximum atomic E-state index is 13.0. The van der Waals surface area contributed by atoms with Crippen molar-refractivity contribution in [3.05, 3.63) is 71.4 Å². The van der Waals surface area contributed by atoms with Gasteiger partial charge in [0.2, 0.25) is 17.6 Å². The second-order valence-corrected chi connectivity index (χ2v) is 7.97. The Morgan fingerprint density at radius 2 is 1.68 bits per heavy atom. The first-order valence-electron chi connectivity index (χ1n) is 10.3. The minimum Gasteiger partial charge on any atom is -0.345 e. The molecule has 0 fully saturated rings. The first kappa shape index (κ1) is 22.3. The average molecular weight is 423 g/mol. The summed E-state index contributed by atoms with van der Waals surface area (Å²) in [5.74, 6) is 0.396. The van der Waals surface area contributed by atoms with Gasteiger partial charge in [0, 0.05) is 24.0 Å². The number of benzene rings is 2. The second-order valence-electron chi connectivity index (χ2n) is 7.97. The van der Waals surface area contributed by atoms with E-state index in [9.17, 15) is 14.0 Å². The Kier molecular flexibility index (Phi) is 7.28. The van der Waals surface area contributed by atoms with Gasteiger partial charge in [-0.1, -0.05) is 43.3 Å². The number of amides is 1. The van der Waals surface area contributed by atoms with Gasteiger partial charge in [0.1, 0.15) is 11.9 Å². The summed E-state index contributed by atoms with van der Waals surface area (Å²) in [6.07, 6.45) is 1.15. The number of Topliss-reactive ketones (excluding diaryl/α,β-unsaturated/α-hetero) is 1. The van der Waals surface area contributed by atoms with Crippen LogP contribution in [-0.2, 0) is 11.2 Å². The maximum absolute atomic E-state index is 13.0. The van der Waals surface area contributed by atoms with Gasteiger partial charge in [-0.3, -0.25) is 9.59 Å². The Labute approximate surface area is 180 Å². The molecule has 0 saturated heterocycles. The predicted molar refractivity (Wildman–Crippen MR) is 115 cm³/mol. The summed E-state index contributed by atoms with van der Waals surface area (Å²) in [4.78, 5) is 28.9. The van der Waals surface area contributed by atoms with Gasteiger partial charge in [-0.2, -0.15) is 4.98 Å². The van der Waals surface area contributed by atoms with E-state index in [2.05, 4.69) is 29.3 Å². The molecular formula is C24H26FN3O3. The number of halogens is 1. The molecule has 1 atom stereocenters. The van der Waals surface area contributed by atoms with E-state index in [0.29, 0.717) is 22.9 Å². The highest BCUT2D eigenvalue weighted by Gasteiger charge is 2.18. The van der Waals surface area contributed by atoms with Crippen molar-refractivity contribution in [3.63, 3.8) is 0 Å². The molecule has 0 aliphatic carbocycles. The van der Waals surface area contributed by atoms with Crippen LogP contribution in [0.3, 0.4) is 0 Å². The Bertz CT molecular complexity index is 1030. The van der Waals surface area contributed by atoms with Gasteiger partial charge in [0.25, 0.3) is 0 Å². The SMILES string of the molecule is CC(C)Cc1ccc(C(=O)CCC(=O)NC(C)c2nc(-c3ccc(F)cc3)no2)cc1. The normalized spacial score (nSPS) is 12.0. The molecule has 7 heteroatoms. The summed E-state index contributed by atoms with van der Waals surface area (Å²) in [6.45, 7) is 6.02. The van der Waals surface area contributed by atoms with Crippen molar-refractivity contribution >= 4 is 11.7 Å². The number of hydrogen-bond donors (Lipinski definition) is 1. The van der Waals surface area contributed by atoms with E-state index >= 15 is 0 Å². The highest BCUT2D eigenvalue weighted by Crippen LogP contribution is 2.19. The van der Waals surface area contributed by atoms with Crippen LogP contribution in [-0.4, -0.2) is 21.8 Å². The summed E-state index contributed by atoms with van der Waals surface area (Å²) in [5, 5.41) is 6.63. The van der Waals surface area contributed by atoms with Crippen LogP contribution in [0.2, 0.25) is 0 Å². The molecule has 0 aliphatic rings. The molecule has 1 unspecified atom stereocenters. The van der Waals surface area contributed by atoms with Gasteiger partial charge < -0.3 is 9.84 Å². The number of rotatable bonds is 9. The van der Waals surface area contributed by atoms with Crippen molar-refractivity contribution in [1.82, 2.24) is 15.5 Å². The topological polar surface area (TPSA) is 85.1 Å². The lowest BCUT2D eigenvalue weighted by molar-refractivity contribution is -0.121. The first-order chi connectivity index (χ1) is 14.8. The molecule has 6 nitrogen and oxygen atoms in total. The number of aromatic nitrogens is 2. The number of ketones is 1. The molecular weight excluding hydrogens is 397 g/mol. The van der Waals surface area contributed by atoms with E-state index in [1.807, 2.05) is 24.3 Å². The highest BCUT2D eigenvalue weighted by atomic mass is 19.1. The molecule has 1 heterocycles. The molecule has 31 heavy (non-hydrogen) atoms. The van der Waals surface area contributed by atoms with Crippen LogP contribution < -0.4 is 5.32 Å². The lowest BCUT2D eigenvalue weighted by atomic mass is 9.99. The van der Waals surface area contributed by atoms with Gasteiger partial charge in [-0.05, 0) is 49.1 Å². The molecule has 1 N–H and O–H groups in total. The quantitative estimate of drug-likeness (QED) is 0.494. The van der Waals surface area contributed by atoms with Crippen LogP contribution in [0.15, 0.2) is 53.1 Å². The Balaban J connectivity index is 1.50. The number of hydrogen-bond acceptors (Lipinski definition) is 5. The number of nitrogens with zero attached hydrogens (tertiary/aromatic N) is 2. The second kappa shape index (κ2) is 10.1. The number of carbonyl (C=O) groups is 2. The van der Waals surface area contributed by atoms with Crippen molar-refractivity contribution in [2.75, 3.05) is 0 Å². The van der Waals surface area contributed by atoms with Gasteiger partial charge >= 0.3 is 0 Å². The van der Waals surface area contributed by atoms with Crippen LogP contribution in [0.4, 0.5) is 4.39 Å². The van der Waals surface area contributed by atoms with Crippen LogP contribution in [0.5, 0.6) is 0 Å². The molecule has 0 radical (unpaired) electrons. The number of carbonyl (C=O) groups excluding carboxylic acids is 2. The minimum absolute atomic E-state index is 0.0654. The lowest BCUT2D eigenvalue weighted by Crippen LogP contribution is -2.27. The summed E-state index contributed by atoms with van der Waals surface area (Å²) in [7, 11) is 0. The van der Waals surface area contributed by atoms with Gasteiger partial charge in [0.05, 0.1) is 0 Å². The zero-order chi connectivity index (χ0) is 22.4. The van der Waals surface area contributed by atoms with Crippen molar-refractivity contribution in [2.45, 2.75) is 46.1 Å². The lowest BCUT2D eigenvalue weighted by Gasteiger charge is -2.09. The highest BCUT2D eigenvalue weighted by molar-refractivity contribution is 5.98. The summed E-state index contributed by atoms with van der Waals surface area (Å²) in [6, 6.07) is 12.8. The largest absolute Gasteiger partial charge is 0.345 e. The van der Waals surface area contributed by atoms with Crippen LogP contribution in [0.25, 0.3) is 11.4 Å². The van der Waals surface area contributed by atoms with Crippen LogP contribution in [0, 0.1) is 11.7 Å². The summed E-state index contributed by atoms with van der Waals surface area (Å²) in [5.41, 5.74) is 2.41. The van der Waals surface area contributed by atoms with E-state index in [-0.39, 0.29) is 36.2 Å². The van der Waals surface area contributed by atoms with E-state index in [1.165, 1.54) is 17.7 Å². The van der Waals surface area contributed by atoms with E-state index in [0.717, 1.165) is 6.42 Å². The average Bonchev–Trinajstić information content (AvgIpc) is 3.23. The molecule has 2 aromatic carbocycles. The zero-order valence-electron chi connectivity index (χ0n) is 17.9. The third-order valence-corrected chi connectivity index (χ3v) is 4.79. The van der Waals surface area contributed by atoms with E-state index in [1.54, 1.807) is 19.1 Å². The maximum Gasteiger partial charge on any atom is 0.249 e. The first-order valence-corrected chi connectivity index (χ1v) is 10.3. The van der Waals surface area contributed by atoms with Crippen LogP contribution in [0.1, 0.15) is 61.5 Å². The molecule has 0 saturated carbocycles. The Morgan fingerprint density at radius 1 is 1.00 bits per heavy atom. The fourth-order valence-corrected chi connectivity index (χ4v) is 3.17. The third-order valence-electron chi connectivity index (χ3n) is 4.79. The zero-order valence-corrected chi connectivity index (χ0v) is 17.9. The Hall–Kier alpha value is -3.35. The minimum atomic E-state index is -0.514. The van der Waals surface area contributed by atoms with Crippen molar-refractivity contribution in [2.24, 2.45) is 5.92 Å². The van der Waals surface area contributed by atoms with Crippen molar-refractivity contribution in [3.8, 4) is 11.4 Å². The molecule has 3 rings (SSSR count). The van der Waals surface area contributed by atoms with Crippen LogP contribution >= 0.6 is 0 Å². The predicted octanol–water partition coefficient (Wildman–Crippen LogP) is 4.91. The standard InChI is InChI=1S/C24H26FN3O3/c1-15(2)14-17-4-6-18(7-5-17)21(29)12-13-22(30)26-16(3)24-27-23(28-31-24)19-8-10-20(25)11-9-19/h4-11,15-16H,12-14H2,1-3H3,(H,26,30). The summed E-state index contributed by atoms with van der Waals surface area (Å²) >= 11 is 0. The molecule has 1 aromatic heterocycles. The van der Waals surface area contributed by atoms with Gasteiger partial charge in [-0.25, -0.2) is 4.39 Å².